The number of carbonyl (C=O) groups is 1. The molecule has 0 saturated carbocycles. The number of benzene rings is 2. The lowest BCUT2D eigenvalue weighted by atomic mass is 9.79. The van der Waals surface area contributed by atoms with E-state index in [2.05, 4.69) is 5.32 Å². The van der Waals surface area contributed by atoms with Crippen molar-refractivity contribution in [3.63, 3.8) is 0 Å². The molecule has 0 aliphatic rings. The summed E-state index contributed by atoms with van der Waals surface area (Å²) in [6, 6.07) is 15.5. The molecular formula is C20H25NO3. The SMILES string of the molecule is COC(=O)C(C)(C)[C@H](Nc1ccc(OC)cc1)c1ccccc1C. The van der Waals surface area contributed by atoms with Crippen molar-refractivity contribution in [1.29, 1.82) is 0 Å². The average Bonchev–Trinajstić information content (AvgIpc) is 2.60. The molecule has 0 fully saturated rings. The molecule has 0 unspecified atom stereocenters. The summed E-state index contributed by atoms with van der Waals surface area (Å²) >= 11 is 0. The van der Waals surface area contributed by atoms with Gasteiger partial charge in [0.25, 0.3) is 0 Å². The van der Waals surface area contributed by atoms with Gasteiger partial charge in [0.15, 0.2) is 0 Å². The molecule has 0 bridgehead atoms. The number of hydrogen-bond donors (Lipinski definition) is 1. The molecule has 0 saturated heterocycles. The number of ether oxygens (including phenoxy) is 2. The van der Waals surface area contributed by atoms with E-state index in [4.69, 9.17) is 9.47 Å². The van der Waals surface area contributed by atoms with Crippen molar-refractivity contribution in [2.75, 3.05) is 19.5 Å². The fourth-order valence-electron chi connectivity index (χ4n) is 2.79. The zero-order valence-corrected chi connectivity index (χ0v) is 14.9. The van der Waals surface area contributed by atoms with E-state index in [0.29, 0.717) is 0 Å². The Balaban J connectivity index is 2.42. The molecule has 0 amide bonds. The smallest absolute Gasteiger partial charge is 0.313 e. The van der Waals surface area contributed by atoms with E-state index in [-0.39, 0.29) is 12.0 Å². The van der Waals surface area contributed by atoms with Gasteiger partial charge in [-0.25, -0.2) is 0 Å². The minimum Gasteiger partial charge on any atom is -0.497 e. The van der Waals surface area contributed by atoms with Gasteiger partial charge in [-0.2, -0.15) is 0 Å². The summed E-state index contributed by atoms with van der Waals surface area (Å²) in [4.78, 5) is 12.4. The molecule has 2 aromatic carbocycles. The predicted molar refractivity (Wildman–Crippen MR) is 96.3 cm³/mol. The van der Waals surface area contributed by atoms with Crippen molar-refractivity contribution in [1.82, 2.24) is 0 Å². The zero-order valence-electron chi connectivity index (χ0n) is 14.9. The van der Waals surface area contributed by atoms with E-state index < -0.39 is 5.41 Å². The second-order valence-electron chi connectivity index (χ2n) is 6.38. The molecule has 4 heteroatoms. The molecule has 0 aliphatic carbocycles. The lowest BCUT2D eigenvalue weighted by molar-refractivity contribution is -0.151. The van der Waals surface area contributed by atoms with E-state index in [0.717, 1.165) is 22.6 Å². The second-order valence-corrected chi connectivity index (χ2v) is 6.38. The van der Waals surface area contributed by atoms with Crippen LogP contribution in [0.1, 0.15) is 31.0 Å². The third-order valence-corrected chi connectivity index (χ3v) is 4.33. The van der Waals surface area contributed by atoms with Crippen LogP contribution in [0.4, 0.5) is 5.69 Å². The van der Waals surface area contributed by atoms with Crippen LogP contribution in [-0.2, 0) is 9.53 Å². The quantitative estimate of drug-likeness (QED) is 0.801. The number of methoxy groups -OCH3 is 2. The van der Waals surface area contributed by atoms with Gasteiger partial charge in [-0.15, -0.1) is 0 Å². The Bertz CT molecular complexity index is 692. The number of rotatable bonds is 6. The van der Waals surface area contributed by atoms with Gasteiger partial charge in [-0.05, 0) is 56.2 Å². The summed E-state index contributed by atoms with van der Waals surface area (Å²) in [5, 5.41) is 3.49. The number of aryl methyl sites for hydroxylation is 1. The highest BCUT2D eigenvalue weighted by Gasteiger charge is 2.39. The summed E-state index contributed by atoms with van der Waals surface area (Å²) < 4.78 is 10.2. The Kier molecular flexibility index (Phi) is 5.50. The van der Waals surface area contributed by atoms with E-state index in [1.54, 1.807) is 7.11 Å². The predicted octanol–water partition coefficient (Wildman–Crippen LogP) is 4.36. The van der Waals surface area contributed by atoms with Gasteiger partial charge < -0.3 is 14.8 Å². The van der Waals surface area contributed by atoms with E-state index in [1.807, 2.05) is 69.3 Å². The Morgan fingerprint density at radius 1 is 1.04 bits per heavy atom. The number of anilines is 1. The van der Waals surface area contributed by atoms with Crippen LogP contribution < -0.4 is 10.1 Å². The fourth-order valence-corrected chi connectivity index (χ4v) is 2.79. The molecule has 128 valence electrons. The monoisotopic (exact) mass is 327 g/mol. The highest BCUT2D eigenvalue weighted by Crippen LogP contribution is 2.38. The zero-order chi connectivity index (χ0) is 17.7. The molecule has 4 nitrogen and oxygen atoms in total. The first kappa shape index (κ1) is 17.9. The van der Waals surface area contributed by atoms with Gasteiger partial charge >= 0.3 is 5.97 Å². The van der Waals surface area contributed by atoms with Crippen LogP contribution in [0.25, 0.3) is 0 Å². The molecule has 2 aromatic rings. The highest BCUT2D eigenvalue weighted by molar-refractivity contribution is 5.78. The number of esters is 1. The van der Waals surface area contributed by atoms with Crippen molar-refractivity contribution < 1.29 is 14.3 Å². The minimum atomic E-state index is -0.735. The molecule has 0 heterocycles. The topological polar surface area (TPSA) is 47.6 Å². The lowest BCUT2D eigenvalue weighted by Gasteiger charge is -2.34. The highest BCUT2D eigenvalue weighted by atomic mass is 16.5. The first-order chi connectivity index (χ1) is 11.4. The van der Waals surface area contributed by atoms with Crippen LogP contribution in [-0.4, -0.2) is 20.2 Å². The summed E-state index contributed by atoms with van der Waals surface area (Å²) in [7, 11) is 3.06. The van der Waals surface area contributed by atoms with Crippen molar-refractivity contribution in [3.8, 4) is 5.75 Å². The first-order valence-electron chi connectivity index (χ1n) is 7.94. The van der Waals surface area contributed by atoms with Gasteiger partial charge in [0, 0.05) is 5.69 Å². The first-order valence-corrected chi connectivity index (χ1v) is 7.94. The van der Waals surface area contributed by atoms with Crippen LogP contribution in [0, 0.1) is 12.3 Å². The average molecular weight is 327 g/mol. The molecule has 0 spiro atoms. The maximum atomic E-state index is 12.4. The van der Waals surface area contributed by atoms with Crippen LogP contribution in [0.15, 0.2) is 48.5 Å². The summed E-state index contributed by atoms with van der Waals surface area (Å²) in [5.41, 5.74) is 2.38. The Morgan fingerprint density at radius 3 is 2.21 bits per heavy atom. The van der Waals surface area contributed by atoms with Crippen LogP contribution in [0.5, 0.6) is 5.75 Å². The third kappa shape index (κ3) is 3.70. The summed E-state index contributed by atoms with van der Waals surface area (Å²) in [6.45, 7) is 5.84. The number of carbonyl (C=O) groups excluding carboxylic acids is 1. The fraction of sp³-hybridized carbons (Fsp3) is 0.350. The minimum absolute atomic E-state index is 0.223. The standard InChI is InChI=1S/C20H25NO3/c1-14-8-6-7-9-17(14)18(20(2,3)19(22)24-5)21-15-10-12-16(23-4)13-11-15/h6-13,18,21H,1-5H3/t18-/m1/s1. The normalized spacial score (nSPS) is 12.4. The van der Waals surface area contributed by atoms with Crippen LogP contribution in [0.2, 0.25) is 0 Å². The molecule has 1 N–H and O–H groups in total. The largest absolute Gasteiger partial charge is 0.497 e. The number of hydrogen-bond acceptors (Lipinski definition) is 4. The molecule has 0 aliphatic heterocycles. The van der Waals surface area contributed by atoms with Gasteiger partial charge in [-0.3, -0.25) is 4.79 Å². The van der Waals surface area contributed by atoms with Gasteiger partial charge in [-0.1, -0.05) is 24.3 Å². The molecule has 2 rings (SSSR count). The molecule has 24 heavy (non-hydrogen) atoms. The van der Waals surface area contributed by atoms with E-state index >= 15 is 0 Å². The molecule has 0 aromatic heterocycles. The summed E-state index contributed by atoms with van der Waals surface area (Å²) in [5.74, 6) is 0.539. The van der Waals surface area contributed by atoms with Crippen LogP contribution >= 0.6 is 0 Å². The second kappa shape index (κ2) is 7.39. The van der Waals surface area contributed by atoms with E-state index in [9.17, 15) is 4.79 Å². The van der Waals surface area contributed by atoms with Crippen molar-refractivity contribution in [2.24, 2.45) is 5.41 Å². The van der Waals surface area contributed by atoms with Gasteiger partial charge in [0.05, 0.1) is 25.7 Å². The molecular weight excluding hydrogens is 302 g/mol. The van der Waals surface area contributed by atoms with Gasteiger partial charge in [0.2, 0.25) is 0 Å². The summed E-state index contributed by atoms with van der Waals surface area (Å²) in [6.07, 6.45) is 0. The van der Waals surface area contributed by atoms with Crippen molar-refractivity contribution >= 4 is 11.7 Å². The van der Waals surface area contributed by atoms with Gasteiger partial charge in [0.1, 0.15) is 5.75 Å². The maximum Gasteiger partial charge on any atom is 0.313 e. The Morgan fingerprint density at radius 2 is 1.67 bits per heavy atom. The molecule has 1 atom stereocenters. The van der Waals surface area contributed by atoms with Crippen LogP contribution in [0.3, 0.4) is 0 Å². The van der Waals surface area contributed by atoms with E-state index in [1.165, 1.54) is 7.11 Å². The lowest BCUT2D eigenvalue weighted by Crippen LogP contribution is -2.37. The third-order valence-electron chi connectivity index (χ3n) is 4.33. The Hall–Kier alpha value is -2.49. The van der Waals surface area contributed by atoms with Crippen molar-refractivity contribution in [2.45, 2.75) is 26.8 Å². The Labute approximate surface area is 143 Å². The molecule has 0 radical (unpaired) electrons. The maximum absolute atomic E-state index is 12.4. The van der Waals surface area contributed by atoms with Crippen molar-refractivity contribution in [3.05, 3.63) is 59.7 Å². The number of nitrogens with one attached hydrogen (secondary N) is 1.